The normalized spacial score (nSPS) is 11.6. The van der Waals surface area contributed by atoms with Crippen LogP contribution in [-0.2, 0) is 0 Å². The molecule has 0 aliphatic carbocycles. The van der Waals surface area contributed by atoms with Crippen LogP contribution in [0.15, 0.2) is 40.9 Å². The number of hydrogen-bond acceptors (Lipinski definition) is 5. The minimum atomic E-state index is 0.683. The van der Waals surface area contributed by atoms with E-state index < -0.39 is 0 Å². The molecular weight excluding hydrogens is 857 g/mol. The second kappa shape index (κ2) is 33.6. The molecule has 0 saturated carbocycles. The molecule has 4 rings (SSSR count). The van der Waals surface area contributed by atoms with Crippen LogP contribution in [0.25, 0.3) is 32.3 Å². The van der Waals surface area contributed by atoms with Crippen LogP contribution in [0.3, 0.4) is 0 Å². The summed E-state index contributed by atoms with van der Waals surface area (Å²) in [4.78, 5) is 0. The van der Waals surface area contributed by atoms with Crippen molar-refractivity contribution >= 4 is 48.2 Å². The highest BCUT2D eigenvalue weighted by Gasteiger charge is 2.20. The van der Waals surface area contributed by atoms with Crippen molar-refractivity contribution in [1.82, 2.24) is 0 Å². The standard InChI is InChI=1S/C58H91BrO5/c1-6-11-16-21-26-31-36-60-54-42-48-47(41-53(54)59)49-43-55(61-37-32-27-22-17-12-7-2)57(63-39-34-29-24-19-14-9-4)45-51(49)52-46-58(64-40-35-30-25-20-15-10-5)56(44-50(48)52)62-38-33-28-23-18-13-8-3/h41-46H,6-40H2,1-5H3. The van der Waals surface area contributed by atoms with E-state index in [0.717, 1.165) is 97.6 Å². The molecule has 0 N–H and O–H groups in total. The van der Waals surface area contributed by atoms with Crippen molar-refractivity contribution in [2.45, 2.75) is 227 Å². The van der Waals surface area contributed by atoms with Crippen molar-refractivity contribution in [3.05, 3.63) is 40.9 Å². The molecule has 0 aromatic heterocycles. The third-order valence-corrected chi connectivity index (χ3v) is 13.5. The molecule has 0 radical (unpaired) electrons. The van der Waals surface area contributed by atoms with Gasteiger partial charge in [-0.2, -0.15) is 0 Å². The van der Waals surface area contributed by atoms with Crippen LogP contribution >= 0.6 is 15.9 Å². The first-order valence-electron chi connectivity index (χ1n) is 26.9. The van der Waals surface area contributed by atoms with E-state index in [2.05, 4.69) is 86.9 Å². The van der Waals surface area contributed by atoms with Gasteiger partial charge in [-0.3, -0.25) is 0 Å². The molecule has 0 saturated heterocycles. The highest BCUT2D eigenvalue weighted by atomic mass is 79.9. The van der Waals surface area contributed by atoms with Gasteiger partial charge in [0.15, 0.2) is 23.0 Å². The SMILES string of the molecule is CCCCCCCCOc1cc2c(cc1Br)c1cc(OCCCCCCCC)c(OCCCCCCCC)cc1c1cc(OCCCCCCCC)c(OCCCCCCCC)cc21. The van der Waals surface area contributed by atoms with Gasteiger partial charge in [0.2, 0.25) is 0 Å². The quantitative estimate of drug-likeness (QED) is 0.0328. The summed E-state index contributed by atoms with van der Waals surface area (Å²) in [6.45, 7) is 14.8. The third kappa shape index (κ3) is 19.2. The molecule has 0 heterocycles. The minimum Gasteiger partial charge on any atom is -0.492 e. The Morgan fingerprint density at radius 3 is 0.688 bits per heavy atom. The van der Waals surface area contributed by atoms with E-state index >= 15 is 0 Å². The van der Waals surface area contributed by atoms with E-state index in [9.17, 15) is 0 Å². The van der Waals surface area contributed by atoms with Gasteiger partial charge in [-0.25, -0.2) is 0 Å². The van der Waals surface area contributed by atoms with E-state index in [0.29, 0.717) is 33.0 Å². The molecule has 0 amide bonds. The van der Waals surface area contributed by atoms with Crippen molar-refractivity contribution in [3.63, 3.8) is 0 Å². The van der Waals surface area contributed by atoms with E-state index in [4.69, 9.17) is 23.7 Å². The summed E-state index contributed by atoms with van der Waals surface area (Å²) in [5, 5.41) is 6.90. The van der Waals surface area contributed by atoms with Gasteiger partial charge in [0.25, 0.3) is 0 Å². The molecular formula is C58H91BrO5. The molecule has 4 aromatic carbocycles. The van der Waals surface area contributed by atoms with Crippen LogP contribution in [0.2, 0.25) is 0 Å². The molecule has 0 spiro atoms. The lowest BCUT2D eigenvalue weighted by Crippen LogP contribution is -2.04. The fraction of sp³-hybridized carbons (Fsp3) is 0.690. The smallest absolute Gasteiger partial charge is 0.161 e. The second-order valence-electron chi connectivity index (χ2n) is 18.6. The third-order valence-electron chi connectivity index (χ3n) is 12.9. The number of hydrogen-bond donors (Lipinski definition) is 0. The largest absolute Gasteiger partial charge is 0.492 e. The summed E-state index contributed by atoms with van der Waals surface area (Å²) in [5.74, 6) is 4.23. The van der Waals surface area contributed by atoms with Crippen molar-refractivity contribution in [3.8, 4) is 28.7 Å². The Hall–Kier alpha value is -2.86. The maximum Gasteiger partial charge on any atom is 0.161 e. The lowest BCUT2D eigenvalue weighted by molar-refractivity contribution is 0.259. The van der Waals surface area contributed by atoms with Crippen molar-refractivity contribution in [1.29, 1.82) is 0 Å². The molecule has 0 aliphatic rings. The Morgan fingerprint density at radius 1 is 0.250 bits per heavy atom. The minimum absolute atomic E-state index is 0.683. The summed E-state index contributed by atoms with van der Waals surface area (Å²) in [5.41, 5.74) is 0. The number of halogens is 1. The molecule has 4 aromatic rings. The fourth-order valence-corrected chi connectivity index (χ4v) is 9.35. The molecule has 0 atom stereocenters. The van der Waals surface area contributed by atoms with Gasteiger partial charge in [-0.15, -0.1) is 0 Å². The molecule has 6 heteroatoms. The Labute approximate surface area is 400 Å². The summed E-state index contributed by atoms with van der Waals surface area (Å²) >= 11 is 3.96. The van der Waals surface area contributed by atoms with Gasteiger partial charge in [-0.05, 0) is 117 Å². The van der Waals surface area contributed by atoms with E-state index in [-0.39, 0.29) is 0 Å². The maximum absolute atomic E-state index is 6.73. The van der Waals surface area contributed by atoms with Gasteiger partial charge < -0.3 is 23.7 Å². The van der Waals surface area contributed by atoms with Crippen molar-refractivity contribution in [2.24, 2.45) is 0 Å². The first-order chi connectivity index (χ1) is 31.6. The van der Waals surface area contributed by atoms with Crippen molar-refractivity contribution in [2.75, 3.05) is 33.0 Å². The van der Waals surface area contributed by atoms with E-state index in [1.54, 1.807) is 0 Å². The first kappa shape index (κ1) is 53.8. The van der Waals surface area contributed by atoms with Crippen molar-refractivity contribution < 1.29 is 23.7 Å². The summed E-state index contributed by atoms with van der Waals surface area (Å²) in [6.07, 6.45) is 36.9. The molecule has 0 aliphatic heterocycles. The number of unbranched alkanes of at least 4 members (excludes halogenated alkanes) is 25. The van der Waals surface area contributed by atoms with Crippen LogP contribution in [0, 0.1) is 0 Å². The topological polar surface area (TPSA) is 46.2 Å². The predicted molar refractivity (Wildman–Crippen MR) is 281 cm³/mol. The summed E-state index contributed by atoms with van der Waals surface area (Å²) in [6, 6.07) is 13.6. The zero-order valence-corrected chi connectivity index (χ0v) is 43.2. The second-order valence-corrected chi connectivity index (χ2v) is 19.5. The monoisotopic (exact) mass is 947 g/mol. The molecule has 0 bridgehead atoms. The Balaban J connectivity index is 1.79. The predicted octanol–water partition coefficient (Wildman–Crippen LogP) is 19.6. The lowest BCUT2D eigenvalue weighted by Gasteiger charge is -2.20. The Bertz CT molecular complexity index is 1780. The number of benzene rings is 4. The summed E-state index contributed by atoms with van der Waals surface area (Å²) in [7, 11) is 0. The van der Waals surface area contributed by atoms with Crippen LogP contribution in [-0.4, -0.2) is 33.0 Å². The van der Waals surface area contributed by atoms with Crippen LogP contribution in [0.1, 0.15) is 227 Å². The maximum atomic E-state index is 6.73. The molecule has 5 nitrogen and oxygen atoms in total. The van der Waals surface area contributed by atoms with Crippen LogP contribution in [0.5, 0.6) is 28.7 Å². The number of ether oxygens (including phenoxy) is 5. The van der Waals surface area contributed by atoms with E-state index in [1.807, 2.05) is 0 Å². The molecule has 64 heavy (non-hydrogen) atoms. The average Bonchev–Trinajstić information content (AvgIpc) is 3.30. The zero-order chi connectivity index (χ0) is 45.5. The van der Waals surface area contributed by atoms with Gasteiger partial charge >= 0.3 is 0 Å². The van der Waals surface area contributed by atoms with Gasteiger partial charge in [0, 0.05) is 0 Å². The summed E-state index contributed by atoms with van der Waals surface area (Å²) < 4.78 is 34.4. The highest BCUT2D eigenvalue weighted by molar-refractivity contribution is 9.10. The van der Waals surface area contributed by atoms with Gasteiger partial charge in [-0.1, -0.05) is 195 Å². The first-order valence-corrected chi connectivity index (χ1v) is 27.7. The lowest BCUT2D eigenvalue weighted by atomic mass is 9.93. The van der Waals surface area contributed by atoms with Crippen LogP contribution < -0.4 is 23.7 Å². The number of fused-ring (bicyclic) bond motifs is 6. The van der Waals surface area contributed by atoms with E-state index in [1.165, 1.54) is 161 Å². The Morgan fingerprint density at radius 2 is 0.438 bits per heavy atom. The molecule has 360 valence electrons. The Kier molecular flexibility index (Phi) is 28.2. The highest BCUT2D eigenvalue weighted by Crippen LogP contribution is 2.47. The zero-order valence-electron chi connectivity index (χ0n) is 41.6. The van der Waals surface area contributed by atoms with Crippen LogP contribution in [0.4, 0.5) is 0 Å². The molecule has 0 unspecified atom stereocenters. The fourth-order valence-electron chi connectivity index (χ4n) is 8.89. The van der Waals surface area contributed by atoms with Gasteiger partial charge in [0.1, 0.15) is 5.75 Å². The van der Waals surface area contributed by atoms with Gasteiger partial charge in [0.05, 0.1) is 37.5 Å². The number of rotatable bonds is 40. The molecule has 0 fully saturated rings. The average molecular weight is 948 g/mol.